The van der Waals surface area contributed by atoms with E-state index in [2.05, 4.69) is 15.6 Å². The fourth-order valence-electron chi connectivity index (χ4n) is 2.43. The minimum Gasteiger partial charge on any atom is -0.377 e. The van der Waals surface area contributed by atoms with Crippen LogP contribution in [0.2, 0.25) is 0 Å². The number of benzene rings is 1. The first-order valence-electron chi connectivity index (χ1n) is 7.00. The van der Waals surface area contributed by atoms with Crippen LogP contribution in [0.5, 0.6) is 0 Å². The van der Waals surface area contributed by atoms with Gasteiger partial charge in [-0.1, -0.05) is 0 Å². The van der Waals surface area contributed by atoms with Crippen molar-refractivity contribution < 1.29 is 22.7 Å². The minimum absolute atomic E-state index is 0.440. The maximum atomic E-state index is 15.1. The average Bonchev–Trinajstić information content (AvgIpc) is 3.19. The van der Waals surface area contributed by atoms with Crippen molar-refractivity contribution in [1.82, 2.24) is 20.6 Å². The van der Waals surface area contributed by atoms with Crippen LogP contribution < -0.4 is 5.53 Å². The molecule has 134 valence electrons. The topological polar surface area (TPSA) is 64.0 Å². The second kappa shape index (κ2) is 6.24. The molecule has 0 saturated carbocycles. The monoisotopic (exact) mass is 375 g/mol. The molecule has 2 aromatic rings. The maximum Gasteiger partial charge on any atom is 0.332 e. The van der Waals surface area contributed by atoms with Gasteiger partial charge in [-0.25, -0.2) is 18.9 Å². The Kier molecular flexibility index (Phi) is 4.39. The zero-order valence-corrected chi connectivity index (χ0v) is 13.6. The molecular formula is C14H13F4N5OS. The Hall–Kier alpha value is -2.24. The van der Waals surface area contributed by atoms with Gasteiger partial charge in [0.2, 0.25) is 0 Å². The molecule has 0 bridgehead atoms. The molecule has 1 aliphatic heterocycles. The molecule has 1 atom stereocenters. The van der Waals surface area contributed by atoms with Crippen LogP contribution in [0.4, 0.5) is 17.6 Å². The Balaban J connectivity index is 2.09. The van der Waals surface area contributed by atoms with Gasteiger partial charge in [0, 0.05) is 30.3 Å². The molecule has 0 aliphatic carbocycles. The van der Waals surface area contributed by atoms with Crippen molar-refractivity contribution in [2.45, 2.75) is 11.5 Å². The summed E-state index contributed by atoms with van der Waals surface area (Å²) < 4.78 is 57.6. The van der Waals surface area contributed by atoms with E-state index >= 15 is 8.78 Å². The second-order valence-corrected chi connectivity index (χ2v) is 6.27. The molecule has 0 saturated heterocycles. The minimum atomic E-state index is -3.95. The molecule has 1 aromatic carbocycles. The van der Waals surface area contributed by atoms with E-state index in [1.807, 2.05) is 0 Å². The summed E-state index contributed by atoms with van der Waals surface area (Å²) in [6.45, 7) is -0.768. The van der Waals surface area contributed by atoms with Crippen LogP contribution in [-0.2, 0) is 11.5 Å². The summed E-state index contributed by atoms with van der Waals surface area (Å²) in [5.41, 5.74) is -1.22. The van der Waals surface area contributed by atoms with Gasteiger partial charge in [-0.05, 0) is 12.1 Å². The number of thiazole rings is 1. The first-order chi connectivity index (χ1) is 11.7. The smallest absolute Gasteiger partial charge is 0.332 e. The maximum absolute atomic E-state index is 15.1. The Labute approximate surface area is 143 Å². The number of aliphatic hydroxyl groups is 1. The van der Waals surface area contributed by atoms with Crippen LogP contribution in [-0.4, -0.2) is 40.1 Å². The zero-order valence-electron chi connectivity index (χ0n) is 12.8. The number of nitrogens with one attached hydrogen (secondary N) is 1. The van der Waals surface area contributed by atoms with Crippen molar-refractivity contribution in [3.8, 4) is 0 Å². The second-order valence-electron chi connectivity index (χ2n) is 5.38. The summed E-state index contributed by atoms with van der Waals surface area (Å²) >= 11 is 0.618. The molecule has 0 spiro atoms. The highest BCUT2D eigenvalue weighted by molar-refractivity contribution is 7.09. The van der Waals surface area contributed by atoms with E-state index in [0.717, 1.165) is 29.7 Å². The lowest BCUT2D eigenvalue weighted by atomic mass is 9.86. The molecule has 0 fully saturated rings. The van der Waals surface area contributed by atoms with Crippen molar-refractivity contribution in [2.75, 3.05) is 13.6 Å². The number of halogens is 4. The third-order valence-electron chi connectivity index (χ3n) is 3.63. The number of alkyl halides is 2. The van der Waals surface area contributed by atoms with Gasteiger partial charge < -0.3 is 5.11 Å². The Morgan fingerprint density at radius 1 is 1.32 bits per heavy atom. The molecule has 2 heterocycles. The number of hydrogen-bond acceptors (Lipinski definition) is 7. The lowest BCUT2D eigenvalue weighted by molar-refractivity contribution is -0.205. The van der Waals surface area contributed by atoms with Crippen molar-refractivity contribution in [1.29, 1.82) is 0 Å². The summed E-state index contributed by atoms with van der Waals surface area (Å²) in [5.74, 6) is -6.18. The van der Waals surface area contributed by atoms with Crippen molar-refractivity contribution in [3.05, 3.63) is 52.0 Å². The zero-order chi connectivity index (χ0) is 18.2. The largest absolute Gasteiger partial charge is 0.377 e. The van der Waals surface area contributed by atoms with Crippen LogP contribution in [0.15, 0.2) is 34.9 Å². The fourth-order valence-corrected chi connectivity index (χ4v) is 3.12. The average molecular weight is 375 g/mol. The Bertz CT molecular complexity index is 788. The number of hydrogen-bond donors (Lipinski definition) is 2. The van der Waals surface area contributed by atoms with Crippen LogP contribution in [0.25, 0.3) is 0 Å². The van der Waals surface area contributed by atoms with Crippen molar-refractivity contribution in [2.24, 2.45) is 5.10 Å². The predicted octanol–water partition coefficient (Wildman–Crippen LogP) is 2.01. The predicted molar refractivity (Wildman–Crippen MR) is 82.4 cm³/mol. The standard InChI is InChI=1S/C14H13F4N5OS/c1-22-20-8-23(21-22)7-13(24,10-3-2-9(15)6-11(10)16)14(17,18)12-19-4-5-25-12/h2-6,8,21,24H,7H2,1H3. The SMILES string of the molecule is CN1N=CN(CC(O)(c2ccc(F)cc2F)C(F)(F)c2nccs2)N1. The molecule has 0 amide bonds. The summed E-state index contributed by atoms with van der Waals surface area (Å²) in [7, 11) is 1.51. The number of hydrazone groups is 1. The van der Waals surface area contributed by atoms with Gasteiger partial charge in [0.05, 0.1) is 6.54 Å². The molecule has 1 aromatic heterocycles. The van der Waals surface area contributed by atoms with Gasteiger partial charge in [0.1, 0.15) is 18.0 Å². The Morgan fingerprint density at radius 2 is 2.08 bits per heavy atom. The molecular weight excluding hydrogens is 362 g/mol. The van der Waals surface area contributed by atoms with Crippen LogP contribution in [0.1, 0.15) is 10.6 Å². The van der Waals surface area contributed by atoms with Crippen LogP contribution >= 0.6 is 11.3 Å². The van der Waals surface area contributed by atoms with Crippen LogP contribution in [0, 0.1) is 11.6 Å². The third-order valence-corrected chi connectivity index (χ3v) is 4.48. The van der Waals surface area contributed by atoms with E-state index in [-0.39, 0.29) is 0 Å². The fraction of sp³-hybridized carbons (Fsp3) is 0.286. The van der Waals surface area contributed by atoms with Crippen molar-refractivity contribution in [3.63, 3.8) is 0 Å². The lowest BCUT2D eigenvalue weighted by Gasteiger charge is -2.37. The molecule has 1 unspecified atom stereocenters. The summed E-state index contributed by atoms with van der Waals surface area (Å²) in [4.78, 5) is 3.55. The number of nitrogens with zero attached hydrogens (tertiary/aromatic N) is 4. The van der Waals surface area contributed by atoms with E-state index in [0.29, 0.717) is 17.4 Å². The first-order valence-corrected chi connectivity index (χ1v) is 7.88. The molecule has 6 nitrogen and oxygen atoms in total. The highest BCUT2D eigenvalue weighted by Crippen LogP contribution is 2.47. The van der Waals surface area contributed by atoms with Crippen molar-refractivity contribution >= 4 is 17.7 Å². The normalized spacial score (nSPS) is 17.2. The molecule has 3 rings (SSSR count). The summed E-state index contributed by atoms with van der Waals surface area (Å²) in [6, 6.07) is 2.04. The molecule has 25 heavy (non-hydrogen) atoms. The van der Waals surface area contributed by atoms with E-state index in [9.17, 15) is 13.9 Å². The van der Waals surface area contributed by atoms with Gasteiger partial charge in [-0.2, -0.15) is 8.78 Å². The summed E-state index contributed by atoms with van der Waals surface area (Å²) in [5, 5.41) is 17.6. The van der Waals surface area contributed by atoms with E-state index in [4.69, 9.17) is 0 Å². The number of β-amino-alcohol motifs (C(OH)–C–C–N with tert-alkyl or cyclic N) is 1. The number of rotatable bonds is 5. The quantitative estimate of drug-likeness (QED) is 0.783. The van der Waals surface area contributed by atoms with Gasteiger partial charge >= 0.3 is 5.92 Å². The highest BCUT2D eigenvalue weighted by atomic mass is 32.1. The molecule has 1 aliphatic rings. The van der Waals surface area contributed by atoms with Gasteiger partial charge in [0.25, 0.3) is 0 Å². The van der Waals surface area contributed by atoms with Gasteiger partial charge in [-0.3, -0.25) is 5.01 Å². The first kappa shape index (κ1) is 17.6. The van der Waals surface area contributed by atoms with E-state index < -0.39 is 40.3 Å². The molecule has 0 radical (unpaired) electrons. The number of aromatic nitrogens is 1. The Morgan fingerprint density at radius 3 is 2.64 bits per heavy atom. The number of hydrazine groups is 2. The summed E-state index contributed by atoms with van der Waals surface area (Å²) in [6.07, 6.45) is 2.31. The van der Waals surface area contributed by atoms with Gasteiger partial charge in [-0.15, -0.1) is 22.0 Å². The lowest BCUT2D eigenvalue weighted by Crippen LogP contribution is -2.54. The van der Waals surface area contributed by atoms with Gasteiger partial charge in [0.15, 0.2) is 10.6 Å². The highest BCUT2D eigenvalue weighted by Gasteiger charge is 2.59. The van der Waals surface area contributed by atoms with Crippen LogP contribution in [0.3, 0.4) is 0 Å². The molecule has 2 N–H and O–H groups in total. The molecule has 11 heteroatoms. The van der Waals surface area contributed by atoms with E-state index in [1.54, 1.807) is 0 Å². The third kappa shape index (κ3) is 3.05. The van der Waals surface area contributed by atoms with E-state index in [1.165, 1.54) is 17.5 Å².